The molecule has 0 aliphatic heterocycles. The fourth-order valence-corrected chi connectivity index (χ4v) is 1.10. The van der Waals surface area contributed by atoms with Crippen LogP contribution in [0, 0.1) is 0 Å². The lowest BCUT2D eigenvalue weighted by atomic mass is 10.0. The van der Waals surface area contributed by atoms with Crippen LogP contribution in [0.1, 0.15) is 0 Å². The topological polar surface area (TPSA) is 176 Å². The van der Waals surface area contributed by atoms with Gasteiger partial charge in [0.05, 0.1) is 12.7 Å². The molecule has 10 nitrogen and oxygen atoms in total. The number of nitrogens with zero attached hydrogens (tertiary/aromatic N) is 3. The first-order chi connectivity index (χ1) is 9.26. The van der Waals surface area contributed by atoms with Crippen molar-refractivity contribution in [1.82, 2.24) is 5.32 Å². The van der Waals surface area contributed by atoms with E-state index < -0.39 is 49.2 Å². The first kappa shape index (κ1) is 18.1. The Morgan fingerprint density at radius 2 is 1.75 bits per heavy atom. The van der Waals surface area contributed by atoms with Crippen LogP contribution in [0.25, 0.3) is 10.4 Å². The molecule has 0 bridgehead atoms. The van der Waals surface area contributed by atoms with Gasteiger partial charge in [0.25, 0.3) is 5.91 Å². The standard InChI is InChI=1S/C8H12F2N4O6/c9-6(10)8(20)12-7(19)3(13-14-11)5(18)4(17)2(16)1-15/h2-6,15-18H,1H2,(H,12,19,20). The molecule has 2 amide bonds. The van der Waals surface area contributed by atoms with Crippen LogP contribution in [0.2, 0.25) is 0 Å². The molecule has 0 saturated heterocycles. The molecule has 0 aromatic heterocycles. The van der Waals surface area contributed by atoms with Gasteiger partial charge in [0, 0.05) is 4.91 Å². The Bertz CT molecular complexity index is 402. The number of alkyl halides is 2. The Morgan fingerprint density at radius 1 is 1.20 bits per heavy atom. The van der Waals surface area contributed by atoms with Crippen molar-refractivity contribution in [2.75, 3.05) is 6.61 Å². The highest BCUT2D eigenvalue weighted by Crippen LogP contribution is 2.09. The maximum absolute atomic E-state index is 11.9. The van der Waals surface area contributed by atoms with Crippen molar-refractivity contribution < 1.29 is 38.8 Å². The molecular formula is C8H12F2N4O6. The molecular weight excluding hydrogens is 286 g/mol. The Hall–Kier alpha value is -1.85. The van der Waals surface area contributed by atoms with Gasteiger partial charge in [0.1, 0.15) is 18.2 Å². The lowest BCUT2D eigenvalue weighted by Crippen LogP contribution is -2.52. The van der Waals surface area contributed by atoms with Gasteiger partial charge in [0.2, 0.25) is 5.91 Å². The zero-order valence-electron chi connectivity index (χ0n) is 9.80. The van der Waals surface area contributed by atoms with E-state index >= 15 is 0 Å². The average molecular weight is 298 g/mol. The number of imide groups is 1. The first-order valence-corrected chi connectivity index (χ1v) is 5.08. The quantitative estimate of drug-likeness (QED) is 0.199. The van der Waals surface area contributed by atoms with Gasteiger partial charge in [-0.3, -0.25) is 14.9 Å². The van der Waals surface area contributed by atoms with Crippen molar-refractivity contribution in [3.63, 3.8) is 0 Å². The first-order valence-electron chi connectivity index (χ1n) is 5.08. The van der Waals surface area contributed by atoms with Crippen molar-refractivity contribution in [2.24, 2.45) is 5.11 Å². The molecule has 20 heavy (non-hydrogen) atoms. The highest BCUT2D eigenvalue weighted by Gasteiger charge is 2.36. The van der Waals surface area contributed by atoms with Crippen molar-refractivity contribution in [3.05, 3.63) is 10.4 Å². The second-order valence-corrected chi connectivity index (χ2v) is 3.54. The van der Waals surface area contributed by atoms with Gasteiger partial charge in [-0.25, -0.2) is 0 Å². The molecule has 4 unspecified atom stereocenters. The fraction of sp³-hybridized carbons (Fsp3) is 0.750. The highest BCUT2D eigenvalue weighted by atomic mass is 19.3. The number of carbonyl (C=O) groups excluding carboxylic acids is 2. The van der Waals surface area contributed by atoms with Crippen LogP contribution >= 0.6 is 0 Å². The number of hydrogen-bond acceptors (Lipinski definition) is 7. The molecule has 0 aliphatic rings. The lowest BCUT2D eigenvalue weighted by molar-refractivity contribution is -0.141. The van der Waals surface area contributed by atoms with E-state index in [1.807, 2.05) is 0 Å². The molecule has 0 saturated carbocycles. The van der Waals surface area contributed by atoms with Crippen molar-refractivity contribution in [3.8, 4) is 0 Å². The predicted molar refractivity (Wildman–Crippen MR) is 57.2 cm³/mol. The monoisotopic (exact) mass is 298 g/mol. The third kappa shape index (κ3) is 5.03. The van der Waals surface area contributed by atoms with Crippen LogP contribution in [0.3, 0.4) is 0 Å². The molecule has 0 radical (unpaired) electrons. The average Bonchev–Trinajstić information content (AvgIpc) is 2.41. The summed E-state index contributed by atoms with van der Waals surface area (Å²) >= 11 is 0. The molecule has 0 spiro atoms. The SMILES string of the molecule is [N-]=[N+]=NC(C(=O)NC(=O)C(F)F)C(O)C(O)C(O)CO. The van der Waals surface area contributed by atoms with E-state index in [2.05, 4.69) is 10.0 Å². The fourth-order valence-electron chi connectivity index (χ4n) is 1.10. The van der Waals surface area contributed by atoms with Gasteiger partial charge in [-0.15, -0.1) is 0 Å². The molecule has 12 heteroatoms. The third-order valence-electron chi connectivity index (χ3n) is 2.14. The van der Waals surface area contributed by atoms with Crippen molar-refractivity contribution >= 4 is 11.8 Å². The number of aliphatic hydroxyl groups excluding tert-OH is 4. The summed E-state index contributed by atoms with van der Waals surface area (Å²) in [5.41, 5.74) is 8.20. The van der Waals surface area contributed by atoms with Gasteiger partial charge in [0.15, 0.2) is 0 Å². The lowest BCUT2D eigenvalue weighted by Gasteiger charge is -2.25. The van der Waals surface area contributed by atoms with E-state index in [4.69, 9.17) is 15.7 Å². The van der Waals surface area contributed by atoms with Crippen LogP contribution in [-0.4, -0.2) is 69.6 Å². The third-order valence-corrected chi connectivity index (χ3v) is 2.14. The molecule has 0 aliphatic carbocycles. The van der Waals surface area contributed by atoms with Gasteiger partial charge in [-0.1, -0.05) is 5.11 Å². The van der Waals surface area contributed by atoms with Crippen LogP contribution < -0.4 is 5.32 Å². The largest absolute Gasteiger partial charge is 0.394 e. The van der Waals surface area contributed by atoms with Crippen LogP contribution in [0.15, 0.2) is 5.11 Å². The van der Waals surface area contributed by atoms with Gasteiger partial charge < -0.3 is 20.4 Å². The molecule has 5 N–H and O–H groups in total. The summed E-state index contributed by atoms with van der Waals surface area (Å²) in [5.74, 6) is -3.58. The van der Waals surface area contributed by atoms with Crippen molar-refractivity contribution in [1.29, 1.82) is 0 Å². The van der Waals surface area contributed by atoms with Crippen LogP contribution in [0.4, 0.5) is 8.78 Å². The summed E-state index contributed by atoms with van der Waals surface area (Å²) in [7, 11) is 0. The van der Waals surface area contributed by atoms with E-state index in [0.717, 1.165) is 5.32 Å². The van der Waals surface area contributed by atoms with E-state index in [0.29, 0.717) is 0 Å². The number of halogens is 2. The summed E-state index contributed by atoms with van der Waals surface area (Å²) in [5, 5.41) is 40.3. The molecule has 0 fully saturated rings. The summed E-state index contributed by atoms with van der Waals surface area (Å²) in [6.45, 7) is -0.987. The Labute approximate surface area is 110 Å². The van der Waals surface area contributed by atoms with E-state index in [1.54, 1.807) is 0 Å². The van der Waals surface area contributed by atoms with Crippen LogP contribution in [0.5, 0.6) is 0 Å². The molecule has 4 atom stereocenters. The molecule has 0 rings (SSSR count). The smallest absolute Gasteiger partial charge is 0.315 e. The molecule has 0 heterocycles. The van der Waals surface area contributed by atoms with Crippen molar-refractivity contribution in [2.45, 2.75) is 30.8 Å². The summed E-state index contributed by atoms with van der Waals surface area (Å²) < 4.78 is 23.9. The molecule has 0 aromatic rings. The Morgan fingerprint density at radius 3 is 2.15 bits per heavy atom. The molecule has 0 aromatic carbocycles. The number of rotatable bonds is 7. The highest BCUT2D eigenvalue weighted by molar-refractivity contribution is 5.99. The second kappa shape index (κ2) is 8.35. The summed E-state index contributed by atoms with van der Waals surface area (Å²) in [6, 6.07) is -2.15. The number of aliphatic hydroxyl groups is 4. The van der Waals surface area contributed by atoms with E-state index in [-0.39, 0.29) is 0 Å². The van der Waals surface area contributed by atoms with E-state index in [9.17, 15) is 28.6 Å². The number of nitrogens with one attached hydrogen (secondary N) is 1. The number of carbonyl (C=O) groups is 2. The predicted octanol–water partition coefficient (Wildman–Crippen LogP) is -2.35. The minimum Gasteiger partial charge on any atom is -0.394 e. The maximum atomic E-state index is 11.9. The van der Waals surface area contributed by atoms with Crippen LogP contribution in [-0.2, 0) is 9.59 Å². The second-order valence-electron chi connectivity index (χ2n) is 3.54. The van der Waals surface area contributed by atoms with Gasteiger partial charge in [-0.2, -0.15) is 8.78 Å². The number of hydrogen-bond donors (Lipinski definition) is 5. The minimum atomic E-state index is -3.52. The Kier molecular flexibility index (Phi) is 7.57. The zero-order chi connectivity index (χ0) is 15.9. The molecule has 114 valence electrons. The van der Waals surface area contributed by atoms with Gasteiger partial charge >= 0.3 is 6.43 Å². The van der Waals surface area contributed by atoms with E-state index in [1.165, 1.54) is 0 Å². The number of amides is 2. The zero-order valence-corrected chi connectivity index (χ0v) is 9.80. The minimum absolute atomic E-state index is 0.987. The summed E-state index contributed by atoms with van der Waals surface area (Å²) in [4.78, 5) is 24.1. The summed E-state index contributed by atoms with van der Waals surface area (Å²) in [6.07, 6.45) is -9.72. The Balaban J connectivity index is 5.00. The maximum Gasteiger partial charge on any atom is 0.315 e. The normalized spacial score (nSPS) is 16.8. The van der Waals surface area contributed by atoms with Gasteiger partial charge in [-0.05, 0) is 5.53 Å². The number of azide groups is 1.